The summed E-state index contributed by atoms with van der Waals surface area (Å²) >= 11 is 1.47. The Bertz CT molecular complexity index is 881. The topological polar surface area (TPSA) is 84.6 Å². The molecule has 6 heteroatoms. The molecule has 0 radical (unpaired) electrons. The van der Waals surface area contributed by atoms with E-state index >= 15 is 0 Å². The van der Waals surface area contributed by atoms with Gasteiger partial charge in [0.25, 0.3) is 0 Å². The van der Waals surface area contributed by atoms with Gasteiger partial charge in [-0.15, -0.1) is 11.8 Å². The fraction of sp³-hybridized carbons (Fsp3) is 0.500. The second kappa shape index (κ2) is 10.2. The van der Waals surface area contributed by atoms with E-state index in [0.29, 0.717) is 28.7 Å². The summed E-state index contributed by atoms with van der Waals surface area (Å²) in [5, 5.41) is 26.5. The van der Waals surface area contributed by atoms with Crippen LogP contribution < -0.4 is 0 Å². The van der Waals surface area contributed by atoms with E-state index in [1.54, 1.807) is 13.8 Å². The van der Waals surface area contributed by atoms with E-state index in [4.69, 9.17) is 10.5 Å². The fourth-order valence-corrected chi connectivity index (χ4v) is 5.79. The van der Waals surface area contributed by atoms with Crippen molar-refractivity contribution in [2.24, 2.45) is 0 Å². The SMILES string of the molecule is CC(=N)/C(CSCC(=O)N1C2CCC1CC(c1ccccc1C#CCO)C2)=C(/C)O. The average Bonchev–Trinajstić information content (AvgIpc) is 2.98. The number of carbonyl (C=O) groups is 1. The summed E-state index contributed by atoms with van der Waals surface area (Å²) in [5.74, 6) is 7.39. The van der Waals surface area contributed by atoms with Crippen molar-refractivity contribution in [2.75, 3.05) is 18.1 Å². The summed E-state index contributed by atoms with van der Waals surface area (Å²) in [4.78, 5) is 15.0. The van der Waals surface area contributed by atoms with Crippen LogP contribution in [0.2, 0.25) is 0 Å². The molecule has 2 bridgehead atoms. The van der Waals surface area contributed by atoms with Gasteiger partial charge >= 0.3 is 0 Å². The summed E-state index contributed by atoms with van der Waals surface area (Å²) < 4.78 is 0. The van der Waals surface area contributed by atoms with Crippen LogP contribution in [0.15, 0.2) is 35.6 Å². The van der Waals surface area contributed by atoms with Crippen molar-refractivity contribution in [3.8, 4) is 11.8 Å². The predicted octanol–water partition coefficient (Wildman–Crippen LogP) is 3.87. The van der Waals surface area contributed by atoms with Crippen LogP contribution in [0.1, 0.15) is 56.6 Å². The highest BCUT2D eigenvalue weighted by Crippen LogP contribution is 2.44. The Labute approximate surface area is 183 Å². The molecule has 2 atom stereocenters. The third-order valence-corrected chi connectivity index (χ3v) is 7.03. The maximum atomic E-state index is 13.0. The lowest BCUT2D eigenvalue weighted by Gasteiger charge is -2.39. The molecule has 2 fully saturated rings. The van der Waals surface area contributed by atoms with E-state index < -0.39 is 0 Å². The lowest BCUT2D eigenvalue weighted by Crippen LogP contribution is -2.47. The maximum absolute atomic E-state index is 13.0. The maximum Gasteiger partial charge on any atom is 0.233 e. The molecule has 2 saturated heterocycles. The first kappa shape index (κ1) is 22.5. The Morgan fingerprint density at radius 3 is 2.47 bits per heavy atom. The molecule has 30 heavy (non-hydrogen) atoms. The number of benzene rings is 1. The lowest BCUT2D eigenvalue weighted by molar-refractivity contribution is -0.132. The number of hydrogen-bond donors (Lipinski definition) is 3. The quantitative estimate of drug-likeness (QED) is 0.366. The summed E-state index contributed by atoms with van der Waals surface area (Å²) in [6.07, 6.45) is 3.99. The number of nitrogens with one attached hydrogen (secondary N) is 1. The standard InChI is InChI=1S/C24H30N2O3S/c1-16(25)23(17(2)28)14-30-15-24(29)26-20-9-10-21(26)13-19(12-20)22-8-4-3-6-18(22)7-5-11-27/h3-4,6,8,19-21,25,27-28H,9-15H2,1-2H3/b23-17-,25-16?. The van der Waals surface area contributed by atoms with Gasteiger partial charge in [-0.25, -0.2) is 0 Å². The number of aliphatic hydroxyl groups excluding tert-OH is 2. The number of thioether (sulfide) groups is 1. The van der Waals surface area contributed by atoms with Gasteiger partial charge in [0.2, 0.25) is 5.91 Å². The molecule has 0 saturated carbocycles. The van der Waals surface area contributed by atoms with Crippen LogP contribution in [0, 0.1) is 17.3 Å². The molecular formula is C24H30N2O3S. The molecule has 0 spiro atoms. The normalized spacial score (nSPS) is 23.4. The van der Waals surface area contributed by atoms with Crippen molar-refractivity contribution in [2.45, 2.75) is 57.5 Å². The average molecular weight is 427 g/mol. The number of fused-ring (bicyclic) bond motifs is 2. The van der Waals surface area contributed by atoms with Gasteiger partial charge in [0.15, 0.2) is 0 Å². The Kier molecular flexibility index (Phi) is 7.63. The first-order valence-corrected chi connectivity index (χ1v) is 11.6. The number of nitrogens with zero attached hydrogens (tertiary/aromatic N) is 1. The first-order valence-electron chi connectivity index (χ1n) is 10.4. The molecular weight excluding hydrogens is 396 g/mol. The van der Waals surface area contributed by atoms with Gasteiger partial charge < -0.3 is 20.5 Å². The second-order valence-corrected chi connectivity index (χ2v) is 9.07. The highest BCUT2D eigenvalue weighted by Gasteiger charge is 2.43. The third-order valence-electron chi connectivity index (χ3n) is 6.09. The first-order chi connectivity index (χ1) is 14.4. The van der Waals surface area contributed by atoms with Gasteiger partial charge in [0, 0.05) is 34.7 Å². The van der Waals surface area contributed by atoms with E-state index in [-0.39, 0.29) is 30.4 Å². The van der Waals surface area contributed by atoms with E-state index in [0.717, 1.165) is 31.2 Å². The molecule has 1 amide bonds. The van der Waals surface area contributed by atoms with Gasteiger partial charge in [-0.05, 0) is 57.1 Å². The van der Waals surface area contributed by atoms with Crippen molar-refractivity contribution in [3.05, 3.63) is 46.7 Å². The van der Waals surface area contributed by atoms with Gasteiger partial charge in [0.1, 0.15) is 6.61 Å². The number of aliphatic hydroxyl groups is 2. The number of allylic oxidation sites excluding steroid dienone is 1. The Morgan fingerprint density at radius 2 is 1.87 bits per heavy atom. The molecule has 3 rings (SSSR count). The predicted molar refractivity (Wildman–Crippen MR) is 122 cm³/mol. The van der Waals surface area contributed by atoms with Crippen LogP contribution in [0.4, 0.5) is 0 Å². The molecule has 0 aliphatic carbocycles. The van der Waals surface area contributed by atoms with Crippen molar-refractivity contribution < 1.29 is 15.0 Å². The number of rotatable bonds is 6. The molecule has 5 nitrogen and oxygen atoms in total. The van der Waals surface area contributed by atoms with Crippen LogP contribution in [0.25, 0.3) is 0 Å². The van der Waals surface area contributed by atoms with Crippen LogP contribution >= 0.6 is 11.8 Å². The van der Waals surface area contributed by atoms with Crippen molar-refractivity contribution in [1.82, 2.24) is 4.90 Å². The fourth-order valence-electron chi connectivity index (χ4n) is 4.74. The number of carbonyl (C=O) groups excluding carboxylic acids is 1. The Morgan fingerprint density at radius 1 is 1.20 bits per heavy atom. The molecule has 2 aliphatic heterocycles. The zero-order chi connectivity index (χ0) is 21.7. The minimum absolute atomic E-state index is 0.144. The third kappa shape index (κ3) is 5.08. The number of piperidine rings is 1. The largest absolute Gasteiger partial charge is 0.512 e. The van der Waals surface area contributed by atoms with Crippen molar-refractivity contribution >= 4 is 23.4 Å². The molecule has 1 aromatic carbocycles. The molecule has 0 aromatic heterocycles. The van der Waals surface area contributed by atoms with Crippen LogP contribution in [-0.4, -0.2) is 56.9 Å². The minimum Gasteiger partial charge on any atom is -0.512 e. The van der Waals surface area contributed by atoms with Crippen LogP contribution in [-0.2, 0) is 4.79 Å². The smallest absolute Gasteiger partial charge is 0.233 e. The highest BCUT2D eigenvalue weighted by atomic mass is 32.2. The van der Waals surface area contributed by atoms with E-state index in [9.17, 15) is 9.90 Å². The van der Waals surface area contributed by atoms with Crippen LogP contribution in [0.3, 0.4) is 0 Å². The van der Waals surface area contributed by atoms with Gasteiger partial charge in [0.05, 0.1) is 11.5 Å². The molecule has 2 unspecified atom stereocenters. The minimum atomic E-state index is -0.144. The van der Waals surface area contributed by atoms with Crippen LogP contribution in [0.5, 0.6) is 0 Å². The zero-order valence-electron chi connectivity index (χ0n) is 17.6. The molecule has 1 aromatic rings. The summed E-state index contributed by atoms with van der Waals surface area (Å²) in [7, 11) is 0. The Hall–Kier alpha value is -2.23. The summed E-state index contributed by atoms with van der Waals surface area (Å²) in [6, 6.07) is 8.67. The summed E-state index contributed by atoms with van der Waals surface area (Å²) in [6.45, 7) is 3.10. The lowest BCUT2D eigenvalue weighted by atomic mass is 9.83. The van der Waals surface area contributed by atoms with E-state index in [1.807, 2.05) is 18.2 Å². The number of hydrogen-bond acceptors (Lipinski definition) is 5. The van der Waals surface area contributed by atoms with Gasteiger partial charge in [-0.3, -0.25) is 4.79 Å². The molecule has 3 N–H and O–H groups in total. The molecule has 2 aliphatic rings. The molecule has 2 heterocycles. The van der Waals surface area contributed by atoms with Gasteiger partial charge in [-0.1, -0.05) is 30.0 Å². The highest BCUT2D eigenvalue weighted by molar-refractivity contribution is 8.00. The van der Waals surface area contributed by atoms with Gasteiger partial charge in [-0.2, -0.15) is 0 Å². The zero-order valence-corrected chi connectivity index (χ0v) is 18.5. The number of amides is 1. The second-order valence-electron chi connectivity index (χ2n) is 8.08. The van der Waals surface area contributed by atoms with Crippen molar-refractivity contribution in [1.29, 1.82) is 5.41 Å². The Balaban J connectivity index is 1.64. The van der Waals surface area contributed by atoms with Crippen molar-refractivity contribution in [3.63, 3.8) is 0 Å². The van der Waals surface area contributed by atoms with E-state index in [1.165, 1.54) is 17.3 Å². The van der Waals surface area contributed by atoms with E-state index in [2.05, 4.69) is 22.8 Å². The monoisotopic (exact) mass is 426 g/mol. The summed E-state index contributed by atoms with van der Waals surface area (Å²) in [5.41, 5.74) is 3.16. The molecule has 160 valence electrons.